The third-order valence-corrected chi connectivity index (χ3v) is 7.41. The first-order valence-corrected chi connectivity index (χ1v) is 9.92. The van der Waals surface area contributed by atoms with Crippen molar-refractivity contribution in [3.63, 3.8) is 0 Å². The fourth-order valence-corrected chi connectivity index (χ4v) is 5.52. The Hall–Kier alpha value is -1.34. The lowest BCUT2D eigenvalue weighted by atomic mass is 10.1. The van der Waals surface area contributed by atoms with Gasteiger partial charge < -0.3 is 9.88 Å². The van der Waals surface area contributed by atoms with Crippen LogP contribution in [0.2, 0.25) is 0 Å². The SMILES string of the molecule is Cc1c[nH]cc1C(=O)N1CCC(S(=O)(=O)N2CCCCC2)CC1. The van der Waals surface area contributed by atoms with Crippen molar-refractivity contribution in [3.8, 4) is 0 Å². The van der Waals surface area contributed by atoms with Crippen molar-refractivity contribution < 1.29 is 13.2 Å². The highest BCUT2D eigenvalue weighted by Crippen LogP contribution is 2.25. The third-order valence-electron chi connectivity index (χ3n) is 5.01. The summed E-state index contributed by atoms with van der Waals surface area (Å²) < 4.78 is 27.1. The number of H-pyrrole nitrogens is 1. The van der Waals surface area contributed by atoms with Crippen molar-refractivity contribution in [1.29, 1.82) is 0 Å². The van der Waals surface area contributed by atoms with E-state index < -0.39 is 10.0 Å². The van der Waals surface area contributed by atoms with Crippen LogP contribution in [0.15, 0.2) is 12.4 Å². The number of nitrogens with one attached hydrogen (secondary N) is 1. The van der Waals surface area contributed by atoms with Crippen LogP contribution in [-0.4, -0.2) is 59.9 Å². The van der Waals surface area contributed by atoms with Gasteiger partial charge in [0.05, 0.1) is 10.8 Å². The van der Waals surface area contributed by atoms with Gasteiger partial charge in [0, 0.05) is 38.6 Å². The average Bonchev–Trinajstić information content (AvgIpc) is 3.01. The molecule has 1 aromatic rings. The van der Waals surface area contributed by atoms with Crippen LogP contribution in [0.3, 0.4) is 0 Å². The van der Waals surface area contributed by atoms with Gasteiger partial charge in [-0.2, -0.15) is 0 Å². The van der Waals surface area contributed by atoms with Gasteiger partial charge in [-0.05, 0) is 38.2 Å². The number of carbonyl (C=O) groups excluding carboxylic acids is 1. The summed E-state index contributed by atoms with van der Waals surface area (Å²) in [6, 6.07) is 0. The average molecular weight is 339 g/mol. The maximum Gasteiger partial charge on any atom is 0.255 e. The number of likely N-dealkylation sites (tertiary alicyclic amines) is 1. The molecule has 0 saturated carbocycles. The van der Waals surface area contributed by atoms with Crippen LogP contribution < -0.4 is 0 Å². The lowest BCUT2D eigenvalue weighted by molar-refractivity contribution is 0.0724. The topological polar surface area (TPSA) is 73.5 Å². The van der Waals surface area contributed by atoms with Crippen LogP contribution >= 0.6 is 0 Å². The smallest absolute Gasteiger partial charge is 0.255 e. The maximum absolute atomic E-state index is 12.7. The molecule has 2 aliphatic heterocycles. The Labute approximate surface area is 137 Å². The van der Waals surface area contributed by atoms with E-state index in [1.54, 1.807) is 21.6 Å². The number of hydrogen-bond donors (Lipinski definition) is 1. The van der Waals surface area contributed by atoms with E-state index in [-0.39, 0.29) is 11.2 Å². The Morgan fingerprint density at radius 2 is 1.74 bits per heavy atom. The van der Waals surface area contributed by atoms with E-state index in [4.69, 9.17) is 0 Å². The summed E-state index contributed by atoms with van der Waals surface area (Å²) in [6.45, 7) is 4.24. The first-order valence-electron chi connectivity index (χ1n) is 8.42. The third kappa shape index (κ3) is 3.30. The molecule has 1 amide bonds. The fourth-order valence-electron chi connectivity index (χ4n) is 3.53. The van der Waals surface area contributed by atoms with Gasteiger partial charge in [0.15, 0.2) is 0 Å². The van der Waals surface area contributed by atoms with Gasteiger partial charge in [0.2, 0.25) is 10.0 Å². The molecule has 0 aliphatic carbocycles. The number of aromatic nitrogens is 1. The van der Waals surface area contributed by atoms with Crippen LogP contribution in [0.25, 0.3) is 0 Å². The largest absolute Gasteiger partial charge is 0.367 e. The summed E-state index contributed by atoms with van der Waals surface area (Å²) in [4.78, 5) is 17.2. The van der Waals surface area contributed by atoms with Crippen LogP contribution in [-0.2, 0) is 10.0 Å². The molecule has 0 spiro atoms. The van der Waals surface area contributed by atoms with Crippen molar-refractivity contribution in [2.45, 2.75) is 44.3 Å². The molecule has 2 fully saturated rings. The molecule has 128 valence electrons. The van der Waals surface area contributed by atoms with E-state index in [1.165, 1.54) is 0 Å². The Morgan fingerprint density at radius 1 is 1.09 bits per heavy atom. The predicted molar refractivity (Wildman–Crippen MR) is 88.8 cm³/mol. The minimum absolute atomic E-state index is 0.00225. The van der Waals surface area contributed by atoms with Gasteiger partial charge in [-0.15, -0.1) is 0 Å². The molecule has 7 heteroatoms. The van der Waals surface area contributed by atoms with Gasteiger partial charge in [-0.3, -0.25) is 4.79 Å². The zero-order valence-electron chi connectivity index (χ0n) is 13.6. The number of piperidine rings is 2. The number of nitrogens with zero attached hydrogens (tertiary/aromatic N) is 2. The van der Waals surface area contributed by atoms with Gasteiger partial charge in [0.1, 0.15) is 0 Å². The second-order valence-corrected chi connectivity index (χ2v) is 8.76. The first kappa shape index (κ1) is 16.5. The zero-order chi connectivity index (χ0) is 16.4. The monoisotopic (exact) mass is 339 g/mol. The second-order valence-electron chi connectivity index (χ2n) is 6.55. The highest BCUT2D eigenvalue weighted by Gasteiger charge is 2.36. The highest BCUT2D eigenvalue weighted by molar-refractivity contribution is 7.89. The van der Waals surface area contributed by atoms with Crippen molar-refractivity contribution >= 4 is 15.9 Å². The predicted octanol–water partition coefficient (Wildman–Crippen LogP) is 1.74. The van der Waals surface area contributed by atoms with Crippen LogP contribution in [0.5, 0.6) is 0 Å². The van der Waals surface area contributed by atoms with Gasteiger partial charge in [-0.1, -0.05) is 6.42 Å². The minimum atomic E-state index is -3.21. The fraction of sp³-hybridized carbons (Fsp3) is 0.688. The number of hydrogen-bond acceptors (Lipinski definition) is 3. The maximum atomic E-state index is 12.7. The van der Waals surface area contributed by atoms with Crippen molar-refractivity contribution in [3.05, 3.63) is 23.5 Å². The van der Waals surface area contributed by atoms with Gasteiger partial charge in [0.25, 0.3) is 5.91 Å². The zero-order valence-corrected chi connectivity index (χ0v) is 14.4. The molecule has 0 atom stereocenters. The number of aromatic amines is 1. The molecule has 6 nitrogen and oxygen atoms in total. The summed E-state index contributed by atoms with van der Waals surface area (Å²) in [6.07, 6.45) is 7.64. The van der Waals surface area contributed by atoms with Crippen LogP contribution in [0.1, 0.15) is 48.0 Å². The molecule has 0 bridgehead atoms. The van der Waals surface area contributed by atoms with Crippen LogP contribution in [0, 0.1) is 6.92 Å². The Kier molecular flexibility index (Phi) is 4.77. The molecular weight excluding hydrogens is 314 g/mol. The highest BCUT2D eigenvalue weighted by atomic mass is 32.2. The van der Waals surface area contributed by atoms with E-state index in [1.807, 2.05) is 6.92 Å². The first-order chi connectivity index (χ1) is 11.0. The standard InChI is InChI=1S/C16H25N3O3S/c1-13-11-17-12-15(13)16(20)18-9-5-14(6-10-18)23(21,22)19-7-3-2-4-8-19/h11-12,14,17H,2-10H2,1H3. The molecular formula is C16H25N3O3S. The van der Waals surface area contributed by atoms with Crippen molar-refractivity contribution in [2.75, 3.05) is 26.2 Å². The number of aryl methyl sites for hydroxylation is 1. The molecule has 1 N–H and O–H groups in total. The molecule has 0 aromatic carbocycles. The minimum Gasteiger partial charge on any atom is -0.367 e. The van der Waals surface area contributed by atoms with E-state index in [0.29, 0.717) is 44.6 Å². The molecule has 1 aromatic heterocycles. The van der Waals surface area contributed by atoms with E-state index in [0.717, 1.165) is 24.8 Å². The van der Waals surface area contributed by atoms with Crippen molar-refractivity contribution in [1.82, 2.24) is 14.2 Å². The number of rotatable bonds is 3. The van der Waals surface area contributed by atoms with Crippen LogP contribution in [0.4, 0.5) is 0 Å². The van der Waals surface area contributed by atoms with Crippen molar-refractivity contribution in [2.24, 2.45) is 0 Å². The molecule has 2 saturated heterocycles. The van der Waals surface area contributed by atoms with Gasteiger partial charge >= 0.3 is 0 Å². The summed E-state index contributed by atoms with van der Waals surface area (Å²) in [7, 11) is -3.21. The number of carbonyl (C=O) groups is 1. The molecule has 0 radical (unpaired) electrons. The lowest BCUT2D eigenvalue weighted by Gasteiger charge is -2.35. The van der Waals surface area contributed by atoms with E-state index in [2.05, 4.69) is 4.98 Å². The molecule has 0 unspecified atom stereocenters. The quantitative estimate of drug-likeness (QED) is 0.912. The Bertz CT molecular complexity index is 654. The van der Waals surface area contributed by atoms with E-state index in [9.17, 15) is 13.2 Å². The number of sulfonamides is 1. The normalized spacial score (nSPS) is 21.5. The Morgan fingerprint density at radius 3 is 2.30 bits per heavy atom. The summed E-state index contributed by atoms with van der Waals surface area (Å²) >= 11 is 0. The Balaban J connectivity index is 1.62. The second kappa shape index (κ2) is 6.65. The summed E-state index contributed by atoms with van der Waals surface area (Å²) in [5.41, 5.74) is 1.61. The molecule has 3 heterocycles. The number of amides is 1. The summed E-state index contributed by atoms with van der Waals surface area (Å²) in [5.74, 6) is -0.00225. The molecule has 3 rings (SSSR count). The molecule has 23 heavy (non-hydrogen) atoms. The van der Waals surface area contributed by atoms with Gasteiger partial charge in [-0.25, -0.2) is 12.7 Å². The lowest BCUT2D eigenvalue weighted by Crippen LogP contribution is -2.48. The molecule has 2 aliphatic rings. The summed E-state index contributed by atoms with van der Waals surface area (Å²) in [5, 5.41) is -0.336. The van der Waals surface area contributed by atoms with E-state index >= 15 is 0 Å².